The molecule has 1 fully saturated rings. The standard InChI is InChI=1S/C20H25BN2O4/c1-19(2)20(3,4)27-21(26-19)14-9-11-15(12-10-14)22-18(24)23-16-7-6-8-17(13-16)25-5/h6-13H,1-5H3,(H2,22,23,24). The van der Waals surface area contributed by atoms with Gasteiger partial charge in [0.25, 0.3) is 0 Å². The molecule has 0 spiro atoms. The lowest BCUT2D eigenvalue weighted by atomic mass is 9.79. The van der Waals surface area contributed by atoms with E-state index in [1.165, 1.54) is 0 Å². The molecule has 1 saturated heterocycles. The molecule has 142 valence electrons. The Morgan fingerprint density at radius 1 is 0.926 bits per heavy atom. The first-order valence-electron chi connectivity index (χ1n) is 8.88. The Kier molecular flexibility index (Phi) is 5.17. The molecule has 2 aromatic rings. The number of benzene rings is 2. The van der Waals surface area contributed by atoms with Crippen molar-refractivity contribution in [3.05, 3.63) is 48.5 Å². The van der Waals surface area contributed by atoms with Crippen LogP contribution < -0.4 is 20.8 Å². The van der Waals surface area contributed by atoms with Gasteiger partial charge in [0.1, 0.15) is 5.75 Å². The van der Waals surface area contributed by atoms with E-state index in [2.05, 4.69) is 10.6 Å². The molecule has 2 aromatic carbocycles. The van der Waals surface area contributed by atoms with E-state index in [0.717, 1.165) is 5.46 Å². The number of anilines is 2. The fourth-order valence-corrected chi connectivity index (χ4v) is 2.70. The van der Waals surface area contributed by atoms with E-state index in [0.29, 0.717) is 17.1 Å². The van der Waals surface area contributed by atoms with Gasteiger partial charge in [-0.25, -0.2) is 4.79 Å². The Labute approximate surface area is 160 Å². The van der Waals surface area contributed by atoms with E-state index in [1.807, 2.05) is 64.1 Å². The van der Waals surface area contributed by atoms with Crippen LogP contribution >= 0.6 is 0 Å². The maximum Gasteiger partial charge on any atom is 0.494 e. The summed E-state index contributed by atoms with van der Waals surface area (Å²) in [4.78, 5) is 12.2. The third-order valence-electron chi connectivity index (χ3n) is 5.02. The molecule has 0 saturated carbocycles. The summed E-state index contributed by atoms with van der Waals surface area (Å²) in [5.41, 5.74) is 1.47. The van der Waals surface area contributed by atoms with Crippen molar-refractivity contribution >= 4 is 30.0 Å². The van der Waals surface area contributed by atoms with Crippen molar-refractivity contribution in [1.82, 2.24) is 0 Å². The molecule has 0 aliphatic carbocycles. The van der Waals surface area contributed by atoms with Crippen LogP contribution in [0.5, 0.6) is 5.75 Å². The van der Waals surface area contributed by atoms with Gasteiger partial charge >= 0.3 is 13.1 Å². The van der Waals surface area contributed by atoms with Gasteiger partial charge in [-0.3, -0.25) is 0 Å². The Morgan fingerprint density at radius 3 is 2.11 bits per heavy atom. The second kappa shape index (κ2) is 7.25. The number of methoxy groups -OCH3 is 1. The van der Waals surface area contributed by atoms with Crippen LogP contribution in [0.3, 0.4) is 0 Å². The highest BCUT2D eigenvalue weighted by atomic mass is 16.7. The highest BCUT2D eigenvalue weighted by Gasteiger charge is 2.51. The van der Waals surface area contributed by atoms with Gasteiger partial charge in [0, 0.05) is 17.4 Å². The lowest BCUT2D eigenvalue weighted by molar-refractivity contribution is 0.00578. The van der Waals surface area contributed by atoms with Crippen molar-refractivity contribution in [3.8, 4) is 5.75 Å². The van der Waals surface area contributed by atoms with Crippen LogP contribution in [0.1, 0.15) is 27.7 Å². The lowest BCUT2D eigenvalue weighted by Gasteiger charge is -2.32. The predicted molar refractivity (Wildman–Crippen MR) is 108 cm³/mol. The molecule has 3 rings (SSSR count). The number of urea groups is 1. The number of carbonyl (C=O) groups excluding carboxylic acids is 1. The fourth-order valence-electron chi connectivity index (χ4n) is 2.70. The lowest BCUT2D eigenvalue weighted by Crippen LogP contribution is -2.41. The summed E-state index contributed by atoms with van der Waals surface area (Å²) in [6.45, 7) is 8.08. The number of hydrogen-bond acceptors (Lipinski definition) is 4. The van der Waals surface area contributed by atoms with Crippen molar-refractivity contribution < 1.29 is 18.8 Å². The van der Waals surface area contributed by atoms with Crippen LogP contribution in [0, 0.1) is 0 Å². The van der Waals surface area contributed by atoms with Gasteiger partial charge in [0.2, 0.25) is 0 Å². The molecule has 6 nitrogen and oxygen atoms in total. The molecule has 7 heteroatoms. The predicted octanol–water partition coefficient (Wildman–Crippen LogP) is 3.64. The van der Waals surface area contributed by atoms with E-state index in [4.69, 9.17) is 14.0 Å². The average molecular weight is 368 g/mol. The molecule has 2 N–H and O–H groups in total. The first-order valence-corrected chi connectivity index (χ1v) is 8.88. The summed E-state index contributed by atoms with van der Waals surface area (Å²) < 4.78 is 17.2. The molecule has 0 aromatic heterocycles. The Hall–Kier alpha value is -2.51. The van der Waals surface area contributed by atoms with E-state index in [9.17, 15) is 4.79 Å². The number of hydrogen-bond donors (Lipinski definition) is 2. The molecule has 1 aliphatic rings. The van der Waals surface area contributed by atoms with Crippen LogP contribution in [-0.4, -0.2) is 31.5 Å². The van der Waals surface area contributed by atoms with Crippen LogP contribution in [-0.2, 0) is 9.31 Å². The summed E-state index contributed by atoms with van der Waals surface area (Å²) in [7, 11) is 1.16. The molecular formula is C20H25BN2O4. The third-order valence-corrected chi connectivity index (χ3v) is 5.02. The summed E-state index contributed by atoms with van der Waals surface area (Å²) in [5.74, 6) is 0.680. The first-order chi connectivity index (χ1) is 12.7. The van der Waals surface area contributed by atoms with Crippen molar-refractivity contribution in [1.29, 1.82) is 0 Å². The summed E-state index contributed by atoms with van der Waals surface area (Å²) in [6, 6.07) is 14.3. The second-order valence-electron chi connectivity index (χ2n) is 7.52. The third kappa shape index (κ3) is 4.26. The number of nitrogens with one attached hydrogen (secondary N) is 2. The van der Waals surface area contributed by atoms with Crippen LogP contribution in [0.25, 0.3) is 0 Å². The topological polar surface area (TPSA) is 68.8 Å². The average Bonchev–Trinajstić information content (AvgIpc) is 2.83. The number of rotatable bonds is 4. The zero-order valence-corrected chi connectivity index (χ0v) is 16.3. The molecule has 2 amide bonds. The monoisotopic (exact) mass is 368 g/mol. The molecule has 1 heterocycles. The first kappa shape index (κ1) is 19.3. The van der Waals surface area contributed by atoms with E-state index in [-0.39, 0.29) is 17.2 Å². The Balaban J connectivity index is 1.61. The number of ether oxygens (including phenoxy) is 1. The van der Waals surface area contributed by atoms with Gasteiger partial charge in [-0.15, -0.1) is 0 Å². The van der Waals surface area contributed by atoms with Crippen LogP contribution in [0.15, 0.2) is 48.5 Å². The van der Waals surface area contributed by atoms with Gasteiger partial charge in [0.15, 0.2) is 0 Å². The molecule has 1 aliphatic heterocycles. The van der Waals surface area contributed by atoms with Crippen molar-refractivity contribution in [3.63, 3.8) is 0 Å². The van der Waals surface area contributed by atoms with E-state index in [1.54, 1.807) is 19.2 Å². The largest absolute Gasteiger partial charge is 0.497 e. The zero-order valence-electron chi connectivity index (χ0n) is 16.3. The van der Waals surface area contributed by atoms with Gasteiger partial charge in [-0.2, -0.15) is 0 Å². The highest BCUT2D eigenvalue weighted by Crippen LogP contribution is 2.36. The Bertz CT molecular complexity index is 805. The van der Waals surface area contributed by atoms with Gasteiger partial charge in [-0.05, 0) is 57.4 Å². The second-order valence-corrected chi connectivity index (χ2v) is 7.52. The highest BCUT2D eigenvalue weighted by molar-refractivity contribution is 6.62. The molecule has 0 unspecified atom stereocenters. The minimum absolute atomic E-state index is 0.327. The zero-order chi connectivity index (χ0) is 19.7. The minimum atomic E-state index is -0.422. The Morgan fingerprint density at radius 2 is 1.52 bits per heavy atom. The number of carbonyl (C=O) groups is 1. The molecule has 0 atom stereocenters. The SMILES string of the molecule is COc1cccc(NC(=O)Nc2ccc(B3OC(C)(C)C(C)(C)O3)cc2)c1. The molecule has 0 bridgehead atoms. The van der Waals surface area contributed by atoms with Crippen molar-refractivity contribution in [2.24, 2.45) is 0 Å². The molecule has 0 radical (unpaired) electrons. The maximum absolute atomic E-state index is 12.2. The van der Waals surface area contributed by atoms with Gasteiger partial charge < -0.3 is 24.7 Å². The summed E-state index contributed by atoms with van der Waals surface area (Å²) in [5, 5.41) is 5.58. The van der Waals surface area contributed by atoms with E-state index < -0.39 is 7.12 Å². The molecule has 27 heavy (non-hydrogen) atoms. The summed E-state index contributed by atoms with van der Waals surface area (Å²) >= 11 is 0. The van der Waals surface area contributed by atoms with Crippen molar-refractivity contribution in [2.75, 3.05) is 17.7 Å². The van der Waals surface area contributed by atoms with Gasteiger partial charge in [-0.1, -0.05) is 18.2 Å². The number of amides is 2. The van der Waals surface area contributed by atoms with Gasteiger partial charge in [0.05, 0.1) is 18.3 Å². The fraction of sp³-hybridized carbons (Fsp3) is 0.350. The van der Waals surface area contributed by atoms with Crippen molar-refractivity contribution in [2.45, 2.75) is 38.9 Å². The molecular weight excluding hydrogens is 343 g/mol. The minimum Gasteiger partial charge on any atom is -0.497 e. The quantitative estimate of drug-likeness (QED) is 0.809. The van der Waals surface area contributed by atoms with Crippen LogP contribution in [0.4, 0.5) is 16.2 Å². The normalized spacial score (nSPS) is 17.4. The van der Waals surface area contributed by atoms with E-state index >= 15 is 0 Å². The van der Waals surface area contributed by atoms with Crippen LogP contribution in [0.2, 0.25) is 0 Å². The maximum atomic E-state index is 12.2. The summed E-state index contributed by atoms with van der Waals surface area (Å²) in [6.07, 6.45) is 0. The smallest absolute Gasteiger partial charge is 0.494 e.